The quantitative estimate of drug-likeness (QED) is 0.351. The Morgan fingerprint density at radius 1 is 1.35 bits per heavy atom. The first-order valence-electron chi connectivity index (χ1n) is 4.93. The Labute approximate surface area is 103 Å². The van der Waals surface area contributed by atoms with E-state index in [-0.39, 0.29) is 5.96 Å². The molecule has 0 aromatic heterocycles. The van der Waals surface area contributed by atoms with E-state index in [2.05, 4.69) is 10.2 Å². The molecule has 5 N–H and O–H groups in total. The summed E-state index contributed by atoms with van der Waals surface area (Å²) in [5.41, 5.74) is 11.1. The summed E-state index contributed by atoms with van der Waals surface area (Å²) in [6, 6.07) is 3.51. The molecule has 0 fully saturated rings. The highest BCUT2D eigenvalue weighted by Gasteiger charge is 2.16. The van der Waals surface area contributed by atoms with E-state index in [1.807, 2.05) is 0 Å². The monoisotopic (exact) mass is 255 g/mol. The Morgan fingerprint density at radius 2 is 2.12 bits per heavy atom. The van der Waals surface area contributed by atoms with Gasteiger partial charge < -0.3 is 20.9 Å². The summed E-state index contributed by atoms with van der Waals surface area (Å²) < 4.78 is 10.8. The molecule has 0 spiro atoms. The number of hydrogen-bond donors (Lipinski definition) is 3. The molecular weight excluding hydrogens is 244 g/mol. The summed E-state index contributed by atoms with van der Waals surface area (Å²) in [6.45, 7) is 1.01. The van der Waals surface area contributed by atoms with Crippen LogP contribution in [0.2, 0.25) is 5.02 Å². The Balaban J connectivity index is 2.28. The van der Waals surface area contributed by atoms with Crippen LogP contribution in [0.5, 0.6) is 11.5 Å². The molecule has 0 atom stereocenters. The Kier molecular flexibility index (Phi) is 3.34. The predicted molar refractivity (Wildman–Crippen MR) is 64.4 cm³/mol. The van der Waals surface area contributed by atoms with E-state index in [0.717, 1.165) is 5.56 Å². The molecule has 0 amide bonds. The highest BCUT2D eigenvalue weighted by atomic mass is 35.5. The van der Waals surface area contributed by atoms with Gasteiger partial charge in [0, 0.05) is 10.7 Å². The molecule has 0 saturated carbocycles. The minimum atomic E-state index is -0.0510. The molecule has 1 aliphatic heterocycles. The SMILES string of the molecule is NC(N)=N/[NH+]=C/c1cc(Cl)c2c(c1)OCCO2. The highest BCUT2D eigenvalue weighted by molar-refractivity contribution is 6.32. The average molecular weight is 256 g/mol. The van der Waals surface area contributed by atoms with Crippen molar-refractivity contribution in [1.29, 1.82) is 0 Å². The number of halogens is 1. The molecule has 2 rings (SSSR count). The van der Waals surface area contributed by atoms with Gasteiger partial charge in [0.2, 0.25) is 6.21 Å². The fourth-order valence-corrected chi connectivity index (χ4v) is 1.67. The lowest BCUT2D eigenvalue weighted by Crippen LogP contribution is -2.63. The van der Waals surface area contributed by atoms with Crippen LogP contribution in [0.15, 0.2) is 17.2 Å². The molecule has 1 aromatic rings. The zero-order valence-electron chi connectivity index (χ0n) is 8.94. The zero-order valence-corrected chi connectivity index (χ0v) is 9.70. The number of fused-ring (bicyclic) bond motifs is 1. The molecule has 0 bridgehead atoms. The lowest BCUT2D eigenvalue weighted by atomic mass is 10.2. The van der Waals surface area contributed by atoms with Crippen LogP contribution in [0.3, 0.4) is 0 Å². The van der Waals surface area contributed by atoms with Crippen LogP contribution in [0.25, 0.3) is 0 Å². The first-order chi connectivity index (χ1) is 8.16. The van der Waals surface area contributed by atoms with E-state index in [9.17, 15) is 0 Å². The van der Waals surface area contributed by atoms with Crippen LogP contribution >= 0.6 is 11.6 Å². The standard InChI is InChI=1S/C10H11ClN4O2/c11-7-3-6(5-14-15-10(12)13)4-8-9(7)17-2-1-16-8/h3-5H,1-2H2,(H4,12,13,15)/p+1/b14-5+. The van der Waals surface area contributed by atoms with Crippen LogP contribution < -0.4 is 26.0 Å². The zero-order chi connectivity index (χ0) is 12.3. The number of nitrogens with two attached hydrogens (primary N) is 2. The average Bonchev–Trinajstić information content (AvgIpc) is 2.28. The van der Waals surface area contributed by atoms with Crippen LogP contribution in [0, 0.1) is 0 Å². The van der Waals surface area contributed by atoms with Crippen LogP contribution in [-0.2, 0) is 0 Å². The van der Waals surface area contributed by atoms with E-state index in [0.29, 0.717) is 29.7 Å². The summed E-state index contributed by atoms with van der Waals surface area (Å²) in [4.78, 5) is 0. The normalized spacial score (nSPS) is 13.7. The number of hydrazone groups is 1. The van der Waals surface area contributed by atoms with Gasteiger partial charge in [0.25, 0.3) is 5.96 Å². The molecule has 17 heavy (non-hydrogen) atoms. The van der Waals surface area contributed by atoms with E-state index in [4.69, 9.17) is 32.5 Å². The van der Waals surface area contributed by atoms with Crippen LogP contribution in [-0.4, -0.2) is 25.4 Å². The van der Waals surface area contributed by atoms with Crippen molar-refractivity contribution in [2.24, 2.45) is 16.6 Å². The maximum absolute atomic E-state index is 6.05. The molecule has 1 heterocycles. The fraction of sp³-hybridized carbons (Fsp3) is 0.200. The van der Waals surface area contributed by atoms with Gasteiger partial charge in [-0.05, 0) is 12.1 Å². The first kappa shape index (κ1) is 11.5. The van der Waals surface area contributed by atoms with Crippen molar-refractivity contribution in [2.45, 2.75) is 0 Å². The van der Waals surface area contributed by atoms with Gasteiger partial charge in [-0.1, -0.05) is 11.6 Å². The fourth-order valence-electron chi connectivity index (χ4n) is 1.40. The Hall–Kier alpha value is -1.95. The minimum Gasteiger partial charge on any atom is -0.486 e. The number of benzene rings is 1. The Bertz CT molecular complexity index is 483. The topological polar surface area (TPSA) is 96.8 Å². The van der Waals surface area contributed by atoms with Gasteiger partial charge in [-0.15, -0.1) is 5.10 Å². The number of ether oxygens (including phenoxy) is 2. The van der Waals surface area contributed by atoms with E-state index >= 15 is 0 Å². The third-order valence-corrected chi connectivity index (χ3v) is 2.32. The van der Waals surface area contributed by atoms with Crippen LogP contribution in [0.4, 0.5) is 0 Å². The van der Waals surface area contributed by atoms with Crippen molar-refractivity contribution >= 4 is 23.8 Å². The smallest absolute Gasteiger partial charge is 0.256 e. The number of nitrogens with one attached hydrogen (secondary N) is 1. The molecule has 90 valence electrons. The van der Waals surface area contributed by atoms with Gasteiger partial charge in [0.15, 0.2) is 11.5 Å². The second kappa shape index (κ2) is 4.92. The van der Waals surface area contributed by atoms with Crippen molar-refractivity contribution in [3.63, 3.8) is 0 Å². The van der Waals surface area contributed by atoms with Gasteiger partial charge in [0.1, 0.15) is 13.2 Å². The summed E-state index contributed by atoms with van der Waals surface area (Å²) in [5.74, 6) is 1.13. The van der Waals surface area contributed by atoms with Crippen molar-refractivity contribution < 1.29 is 14.6 Å². The third-order valence-electron chi connectivity index (χ3n) is 2.04. The molecule has 0 radical (unpaired) electrons. The summed E-state index contributed by atoms with van der Waals surface area (Å²) >= 11 is 6.05. The third kappa shape index (κ3) is 2.79. The van der Waals surface area contributed by atoms with E-state index < -0.39 is 0 Å². The number of guanidine groups is 1. The molecule has 6 nitrogen and oxygen atoms in total. The van der Waals surface area contributed by atoms with Crippen molar-refractivity contribution in [3.05, 3.63) is 22.7 Å². The van der Waals surface area contributed by atoms with Gasteiger partial charge >= 0.3 is 0 Å². The van der Waals surface area contributed by atoms with E-state index in [1.165, 1.54) is 0 Å². The molecule has 7 heteroatoms. The van der Waals surface area contributed by atoms with Gasteiger partial charge in [-0.25, -0.2) is 0 Å². The summed E-state index contributed by atoms with van der Waals surface area (Å²) in [5, 5.41) is 6.69. The number of rotatable bonds is 2. The summed E-state index contributed by atoms with van der Waals surface area (Å²) in [6.07, 6.45) is 1.60. The van der Waals surface area contributed by atoms with E-state index in [1.54, 1.807) is 18.3 Å². The summed E-state index contributed by atoms with van der Waals surface area (Å²) in [7, 11) is 0. The molecular formula is C10H12ClN4O2+. The maximum atomic E-state index is 6.05. The highest BCUT2D eigenvalue weighted by Crippen LogP contribution is 2.37. The molecule has 0 unspecified atom stereocenters. The molecule has 1 aromatic carbocycles. The van der Waals surface area contributed by atoms with Crippen molar-refractivity contribution in [1.82, 2.24) is 0 Å². The van der Waals surface area contributed by atoms with Gasteiger partial charge in [0.05, 0.1) is 5.02 Å². The second-order valence-electron chi connectivity index (χ2n) is 3.34. The largest absolute Gasteiger partial charge is 0.486 e. The first-order valence-corrected chi connectivity index (χ1v) is 5.31. The predicted octanol–water partition coefficient (Wildman–Crippen LogP) is -1.20. The second-order valence-corrected chi connectivity index (χ2v) is 3.74. The maximum Gasteiger partial charge on any atom is 0.256 e. The molecule has 1 aliphatic rings. The van der Waals surface area contributed by atoms with Gasteiger partial charge in [-0.2, -0.15) is 0 Å². The minimum absolute atomic E-state index is 0.0510. The molecule has 0 aliphatic carbocycles. The Morgan fingerprint density at radius 3 is 2.88 bits per heavy atom. The van der Waals surface area contributed by atoms with Gasteiger partial charge in [-0.3, -0.25) is 0 Å². The van der Waals surface area contributed by atoms with Crippen molar-refractivity contribution in [2.75, 3.05) is 13.2 Å². The lowest BCUT2D eigenvalue weighted by Gasteiger charge is -2.19. The number of hydrogen-bond acceptors (Lipinski definition) is 3. The van der Waals surface area contributed by atoms with Crippen molar-refractivity contribution in [3.8, 4) is 11.5 Å². The lowest BCUT2D eigenvalue weighted by molar-refractivity contribution is -0.456. The molecule has 0 saturated heterocycles. The van der Waals surface area contributed by atoms with Crippen LogP contribution in [0.1, 0.15) is 5.56 Å². The number of nitrogens with zero attached hydrogens (tertiary/aromatic N) is 1.